The number of rotatable bonds is 7. The second kappa shape index (κ2) is 7.61. The summed E-state index contributed by atoms with van der Waals surface area (Å²) in [5.41, 5.74) is 10.8. The van der Waals surface area contributed by atoms with Gasteiger partial charge in [-0.15, -0.1) is 5.10 Å². The summed E-state index contributed by atoms with van der Waals surface area (Å²) in [7, 11) is 0. The van der Waals surface area contributed by atoms with E-state index in [9.17, 15) is 0 Å². The van der Waals surface area contributed by atoms with Crippen molar-refractivity contribution in [2.24, 2.45) is 23.2 Å². The van der Waals surface area contributed by atoms with Gasteiger partial charge in [-0.05, 0) is 91.7 Å². The van der Waals surface area contributed by atoms with Gasteiger partial charge < -0.3 is 5.73 Å². The van der Waals surface area contributed by atoms with E-state index in [0.29, 0.717) is 16.9 Å². The minimum absolute atomic E-state index is 0.274. The van der Waals surface area contributed by atoms with Crippen molar-refractivity contribution in [3.8, 4) is 0 Å². The van der Waals surface area contributed by atoms with Crippen LogP contribution in [0.25, 0.3) is 11.2 Å². The number of benzene rings is 1. The molecule has 4 aliphatic carbocycles. The first-order chi connectivity index (χ1) is 15.2. The van der Waals surface area contributed by atoms with Gasteiger partial charge >= 0.3 is 0 Å². The first-order valence-electron chi connectivity index (χ1n) is 12.2. The lowest BCUT2D eigenvalue weighted by Gasteiger charge is -2.57. The summed E-state index contributed by atoms with van der Waals surface area (Å²) in [5, 5.41) is 11.3. The number of anilines is 1. The van der Waals surface area contributed by atoms with Crippen LogP contribution in [0.1, 0.15) is 81.3 Å². The van der Waals surface area contributed by atoms with E-state index in [1.165, 1.54) is 63.4 Å². The van der Waals surface area contributed by atoms with Crippen LogP contribution in [0.4, 0.5) is 5.82 Å². The number of aromatic amines is 1. The molecule has 0 spiro atoms. The van der Waals surface area contributed by atoms with E-state index in [1.807, 2.05) is 6.07 Å². The van der Waals surface area contributed by atoms with E-state index in [2.05, 4.69) is 50.7 Å². The molecule has 1 aromatic carbocycles. The Morgan fingerprint density at radius 2 is 1.68 bits per heavy atom. The fraction of sp³-hybridized carbons (Fsp3) is 0.577. The first kappa shape index (κ1) is 19.3. The molecular weight excluding hydrogens is 382 g/mol. The van der Waals surface area contributed by atoms with Crippen LogP contribution in [-0.2, 0) is 0 Å². The molecule has 0 saturated heterocycles. The molecule has 4 fully saturated rings. The van der Waals surface area contributed by atoms with Gasteiger partial charge in [0.05, 0.1) is 0 Å². The Bertz CT molecular complexity index is 1020. The molecule has 7 rings (SSSR count). The number of nitrogen functional groups attached to an aromatic ring is 1. The highest BCUT2D eigenvalue weighted by molar-refractivity contribution is 5.77. The van der Waals surface area contributed by atoms with Crippen LogP contribution in [0.2, 0.25) is 0 Å². The Morgan fingerprint density at radius 1 is 0.968 bits per heavy atom. The lowest BCUT2D eigenvalue weighted by atomic mass is 9.48. The molecule has 4 aliphatic rings. The molecule has 162 valence electrons. The maximum absolute atomic E-state index is 6.13. The van der Waals surface area contributed by atoms with Gasteiger partial charge in [0.15, 0.2) is 0 Å². The van der Waals surface area contributed by atoms with Crippen molar-refractivity contribution in [3.05, 3.63) is 47.5 Å². The van der Waals surface area contributed by atoms with Gasteiger partial charge in [-0.25, -0.2) is 4.98 Å². The number of hydrogen-bond donors (Lipinski definition) is 2. The smallest absolute Gasteiger partial charge is 0.203 e. The molecule has 2 aromatic heterocycles. The number of H-pyrrole nitrogens is 1. The molecular formula is C26H33N5. The average Bonchev–Trinajstić information content (AvgIpc) is 3.21. The molecule has 2 heterocycles. The number of nitrogens with two attached hydrogens (primary N) is 1. The fourth-order valence-electron chi connectivity index (χ4n) is 7.78. The monoisotopic (exact) mass is 415 g/mol. The van der Waals surface area contributed by atoms with E-state index in [0.717, 1.165) is 35.3 Å². The molecule has 3 aromatic rings. The largest absolute Gasteiger partial charge is 0.384 e. The fourth-order valence-corrected chi connectivity index (χ4v) is 7.78. The number of nitrogens with zero attached hydrogens (tertiary/aromatic N) is 3. The quantitative estimate of drug-likeness (QED) is 0.475. The lowest BCUT2D eigenvalue weighted by Crippen LogP contribution is -2.45. The van der Waals surface area contributed by atoms with Gasteiger partial charge in [0.25, 0.3) is 0 Å². The molecule has 4 saturated carbocycles. The lowest BCUT2D eigenvalue weighted by molar-refractivity contribution is -0.0583. The third-order valence-corrected chi connectivity index (χ3v) is 8.53. The molecule has 4 bridgehead atoms. The maximum Gasteiger partial charge on any atom is 0.203 e. The maximum atomic E-state index is 6.13. The van der Waals surface area contributed by atoms with Crippen LogP contribution in [-0.4, -0.2) is 20.4 Å². The van der Waals surface area contributed by atoms with Crippen molar-refractivity contribution in [3.63, 3.8) is 0 Å². The van der Waals surface area contributed by atoms with Crippen LogP contribution >= 0.6 is 0 Å². The summed E-state index contributed by atoms with van der Waals surface area (Å²) < 4.78 is 0. The van der Waals surface area contributed by atoms with E-state index in [4.69, 9.17) is 5.73 Å². The van der Waals surface area contributed by atoms with E-state index in [-0.39, 0.29) is 5.92 Å². The first-order valence-corrected chi connectivity index (χ1v) is 12.2. The van der Waals surface area contributed by atoms with Crippen LogP contribution in [0.3, 0.4) is 0 Å². The number of unbranched alkanes of at least 4 members (excludes halogenated alkanes) is 1. The normalized spacial score (nSPS) is 30.1. The van der Waals surface area contributed by atoms with Gasteiger partial charge in [-0.3, -0.25) is 0 Å². The number of pyridine rings is 1. The zero-order valence-corrected chi connectivity index (χ0v) is 18.3. The SMILES string of the molecule is Nc1cc(C(CCCCC23CC4CC(CC(C4)C2)C3)c2ccccc2)c2n[nH]nc2n1. The van der Waals surface area contributed by atoms with Gasteiger partial charge in [0.1, 0.15) is 11.3 Å². The van der Waals surface area contributed by atoms with Gasteiger partial charge in [-0.1, -0.05) is 43.2 Å². The number of hydrogen-bond acceptors (Lipinski definition) is 4. The molecule has 1 atom stereocenters. The Morgan fingerprint density at radius 3 is 2.39 bits per heavy atom. The van der Waals surface area contributed by atoms with Crippen molar-refractivity contribution in [2.75, 3.05) is 5.73 Å². The van der Waals surface area contributed by atoms with Crippen molar-refractivity contribution < 1.29 is 0 Å². The number of nitrogens with one attached hydrogen (secondary N) is 1. The van der Waals surface area contributed by atoms with Crippen LogP contribution < -0.4 is 5.73 Å². The van der Waals surface area contributed by atoms with E-state index < -0.39 is 0 Å². The van der Waals surface area contributed by atoms with Crippen molar-refractivity contribution >= 4 is 17.0 Å². The molecule has 0 amide bonds. The summed E-state index contributed by atoms with van der Waals surface area (Å²) in [6.45, 7) is 0. The molecule has 5 heteroatoms. The summed E-state index contributed by atoms with van der Waals surface area (Å²) in [6, 6.07) is 12.8. The highest BCUT2D eigenvalue weighted by Gasteiger charge is 2.50. The zero-order valence-electron chi connectivity index (χ0n) is 18.3. The predicted molar refractivity (Wildman–Crippen MR) is 123 cm³/mol. The van der Waals surface area contributed by atoms with E-state index in [1.54, 1.807) is 0 Å². The predicted octanol–water partition coefficient (Wildman–Crippen LogP) is 5.84. The second-order valence-electron chi connectivity index (χ2n) is 10.8. The third kappa shape index (κ3) is 3.62. The molecule has 0 aliphatic heterocycles. The van der Waals surface area contributed by atoms with Gasteiger partial charge in [-0.2, -0.15) is 10.3 Å². The molecule has 3 N–H and O–H groups in total. The second-order valence-corrected chi connectivity index (χ2v) is 10.8. The topological polar surface area (TPSA) is 80.5 Å². The summed E-state index contributed by atoms with van der Waals surface area (Å²) in [5.74, 6) is 3.93. The third-order valence-electron chi connectivity index (χ3n) is 8.53. The Hall–Kier alpha value is -2.43. The van der Waals surface area contributed by atoms with Gasteiger partial charge in [0.2, 0.25) is 5.65 Å². The minimum Gasteiger partial charge on any atom is -0.384 e. The Labute approximate surface area is 184 Å². The van der Waals surface area contributed by atoms with Crippen LogP contribution in [0.5, 0.6) is 0 Å². The molecule has 31 heavy (non-hydrogen) atoms. The Kier molecular flexibility index (Phi) is 4.73. The highest BCUT2D eigenvalue weighted by Crippen LogP contribution is 2.61. The standard InChI is InChI=1S/C26H33N5/c27-23-13-22(24-25(28-23)30-31-29-24)21(20-6-2-1-3-7-20)8-4-5-9-26-14-17-10-18(15-26)12-19(11-17)16-26/h1-3,6-7,13,17-19,21H,4-5,8-12,14-16H2,(H3,27,28,29,30,31). The van der Waals surface area contributed by atoms with Crippen molar-refractivity contribution in [2.45, 2.75) is 70.1 Å². The molecule has 0 radical (unpaired) electrons. The number of aromatic nitrogens is 4. The zero-order chi connectivity index (χ0) is 20.8. The summed E-state index contributed by atoms with van der Waals surface area (Å²) in [4.78, 5) is 4.35. The summed E-state index contributed by atoms with van der Waals surface area (Å²) >= 11 is 0. The van der Waals surface area contributed by atoms with Crippen LogP contribution in [0.15, 0.2) is 36.4 Å². The molecule has 1 unspecified atom stereocenters. The Balaban J connectivity index is 1.20. The summed E-state index contributed by atoms with van der Waals surface area (Å²) in [6.07, 6.45) is 14.3. The molecule has 5 nitrogen and oxygen atoms in total. The van der Waals surface area contributed by atoms with Crippen LogP contribution in [0, 0.1) is 23.2 Å². The number of fused-ring (bicyclic) bond motifs is 1. The minimum atomic E-state index is 0.274. The van der Waals surface area contributed by atoms with E-state index >= 15 is 0 Å². The van der Waals surface area contributed by atoms with Crippen molar-refractivity contribution in [1.29, 1.82) is 0 Å². The van der Waals surface area contributed by atoms with Gasteiger partial charge in [0, 0.05) is 5.92 Å². The van der Waals surface area contributed by atoms with Crippen molar-refractivity contribution in [1.82, 2.24) is 20.4 Å². The average molecular weight is 416 g/mol. The highest BCUT2D eigenvalue weighted by atomic mass is 15.3.